The molecule has 3 aromatic rings. The molecule has 0 bridgehead atoms. The molecular formula is C22H27BrN6O. The van der Waals surface area contributed by atoms with E-state index in [-0.39, 0.29) is 17.1 Å². The molecule has 2 aromatic heterocycles. The first kappa shape index (κ1) is 20.8. The quantitative estimate of drug-likeness (QED) is 0.499. The first-order valence-corrected chi connectivity index (χ1v) is 10.8. The molecule has 4 rings (SSSR count). The highest BCUT2D eigenvalue weighted by Gasteiger charge is 2.38. The average Bonchev–Trinajstić information content (AvgIpc) is 2.65. The number of nitrogens with zero attached hydrogens (tertiary/aromatic N) is 3. The second kappa shape index (κ2) is 7.67. The summed E-state index contributed by atoms with van der Waals surface area (Å²) in [6, 6.07) is 7.88. The van der Waals surface area contributed by atoms with Gasteiger partial charge in [0.1, 0.15) is 17.5 Å². The third-order valence-electron chi connectivity index (χ3n) is 5.26. The fourth-order valence-electron chi connectivity index (χ4n) is 4.49. The zero-order valence-electron chi connectivity index (χ0n) is 17.7. The predicted octanol–water partition coefficient (Wildman–Crippen LogP) is 4.88. The number of ether oxygens (including phenoxy) is 1. The number of nitrogen functional groups attached to an aromatic ring is 1. The number of aromatic nitrogens is 3. The SMILES string of the molecule is CC1(C)CC(Nc2ncnc(Oc3ccc(Br)c4cccnc34)c2N)CC(C)(C)N1. The third kappa shape index (κ3) is 4.34. The van der Waals surface area contributed by atoms with E-state index in [0.29, 0.717) is 23.1 Å². The maximum absolute atomic E-state index is 6.40. The van der Waals surface area contributed by atoms with Crippen molar-refractivity contribution in [2.75, 3.05) is 11.1 Å². The van der Waals surface area contributed by atoms with Gasteiger partial charge in [-0.25, -0.2) is 4.98 Å². The molecule has 1 aliphatic rings. The number of anilines is 2. The van der Waals surface area contributed by atoms with Gasteiger partial charge in [0.25, 0.3) is 0 Å². The fraction of sp³-hybridized carbons (Fsp3) is 0.409. The van der Waals surface area contributed by atoms with Gasteiger partial charge in [0, 0.05) is 33.2 Å². The molecule has 7 nitrogen and oxygen atoms in total. The van der Waals surface area contributed by atoms with Crippen LogP contribution in [0.1, 0.15) is 40.5 Å². The van der Waals surface area contributed by atoms with Crippen molar-refractivity contribution < 1.29 is 4.74 Å². The summed E-state index contributed by atoms with van der Waals surface area (Å²) < 4.78 is 7.03. The number of nitrogens with two attached hydrogens (primary N) is 1. The van der Waals surface area contributed by atoms with Crippen molar-refractivity contribution in [3.8, 4) is 11.6 Å². The maximum atomic E-state index is 6.40. The van der Waals surface area contributed by atoms with Gasteiger partial charge in [-0.05, 0) is 58.7 Å². The Hall–Kier alpha value is -2.45. The van der Waals surface area contributed by atoms with Crippen molar-refractivity contribution >= 4 is 38.3 Å². The van der Waals surface area contributed by atoms with Gasteiger partial charge >= 0.3 is 0 Å². The van der Waals surface area contributed by atoms with E-state index in [0.717, 1.165) is 28.2 Å². The Balaban J connectivity index is 1.61. The third-order valence-corrected chi connectivity index (χ3v) is 5.96. The summed E-state index contributed by atoms with van der Waals surface area (Å²) in [5.74, 6) is 1.50. The number of hydrogen-bond acceptors (Lipinski definition) is 7. The molecule has 0 atom stereocenters. The van der Waals surface area contributed by atoms with Gasteiger partial charge in [-0.15, -0.1) is 0 Å². The Morgan fingerprint density at radius 2 is 1.83 bits per heavy atom. The molecule has 0 saturated carbocycles. The van der Waals surface area contributed by atoms with Gasteiger partial charge in [-0.1, -0.05) is 22.0 Å². The molecule has 1 aromatic carbocycles. The maximum Gasteiger partial charge on any atom is 0.248 e. The van der Waals surface area contributed by atoms with E-state index < -0.39 is 0 Å². The number of fused-ring (bicyclic) bond motifs is 1. The van der Waals surface area contributed by atoms with Crippen LogP contribution >= 0.6 is 15.9 Å². The molecule has 1 saturated heterocycles. The topological polar surface area (TPSA) is 98.0 Å². The van der Waals surface area contributed by atoms with Crippen LogP contribution in [0.3, 0.4) is 0 Å². The minimum Gasteiger partial charge on any atom is -0.435 e. The number of halogens is 1. The largest absolute Gasteiger partial charge is 0.435 e. The van der Waals surface area contributed by atoms with E-state index in [1.807, 2.05) is 24.3 Å². The summed E-state index contributed by atoms with van der Waals surface area (Å²) in [4.78, 5) is 13.1. The number of nitrogens with one attached hydrogen (secondary N) is 2. The Bertz CT molecular complexity index is 1070. The lowest BCUT2D eigenvalue weighted by atomic mass is 9.79. The molecule has 0 unspecified atom stereocenters. The lowest BCUT2D eigenvalue weighted by Gasteiger charge is -2.46. The van der Waals surface area contributed by atoms with Crippen LogP contribution < -0.4 is 21.1 Å². The highest BCUT2D eigenvalue weighted by Crippen LogP contribution is 2.36. The molecule has 1 fully saturated rings. The highest BCUT2D eigenvalue weighted by molar-refractivity contribution is 9.10. The van der Waals surface area contributed by atoms with Crippen LogP contribution in [0.4, 0.5) is 11.5 Å². The molecule has 0 spiro atoms. The number of piperidine rings is 1. The van der Waals surface area contributed by atoms with E-state index in [9.17, 15) is 0 Å². The Morgan fingerprint density at radius 3 is 2.57 bits per heavy atom. The van der Waals surface area contributed by atoms with Crippen molar-refractivity contribution in [1.29, 1.82) is 0 Å². The Morgan fingerprint density at radius 1 is 1.10 bits per heavy atom. The molecule has 1 aliphatic heterocycles. The smallest absolute Gasteiger partial charge is 0.248 e. The summed E-state index contributed by atoms with van der Waals surface area (Å²) in [6.45, 7) is 8.86. The average molecular weight is 471 g/mol. The number of hydrogen-bond donors (Lipinski definition) is 3. The molecule has 0 radical (unpaired) electrons. The van der Waals surface area contributed by atoms with Crippen LogP contribution in [0.2, 0.25) is 0 Å². The van der Waals surface area contributed by atoms with Crippen LogP contribution in [0, 0.1) is 0 Å². The van der Waals surface area contributed by atoms with Crippen molar-refractivity contribution in [2.24, 2.45) is 0 Å². The molecular weight excluding hydrogens is 444 g/mol. The van der Waals surface area contributed by atoms with Crippen molar-refractivity contribution in [3.05, 3.63) is 41.3 Å². The molecule has 0 aliphatic carbocycles. The van der Waals surface area contributed by atoms with Gasteiger partial charge in [-0.3, -0.25) is 4.98 Å². The normalized spacial score (nSPS) is 18.3. The van der Waals surface area contributed by atoms with Gasteiger partial charge in [0.2, 0.25) is 5.88 Å². The van der Waals surface area contributed by atoms with E-state index in [4.69, 9.17) is 10.5 Å². The van der Waals surface area contributed by atoms with E-state index in [2.05, 4.69) is 69.2 Å². The summed E-state index contributed by atoms with van der Waals surface area (Å²) in [5.41, 5.74) is 7.56. The van der Waals surface area contributed by atoms with Gasteiger partial charge in [0.05, 0.1) is 0 Å². The monoisotopic (exact) mass is 470 g/mol. The lowest BCUT2D eigenvalue weighted by molar-refractivity contribution is 0.170. The number of pyridine rings is 1. The van der Waals surface area contributed by atoms with Crippen molar-refractivity contribution in [3.63, 3.8) is 0 Å². The highest BCUT2D eigenvalue weighted by atomic mass is 79.9. The predicted molar refractivity (Wildman–Crippen MR) is 124 cm³/mol. The minimum atomic E-state index is 0.0164. The number of rotatable bonds is 4. The molecule has 158 valence electrons. The summed E-state index contributed by atoms with van der Waals surface area (Å²) in [5, 5.41) is 8.16. The standard InChI is InChI=1S/C22H27BrN6O/c1-21(2)10-13(11-22(3,4)29-21)28-19-17(24)20(27-12-26-19)30-16-8-7-15(23)14-6-5-9-25-18(14)16/h5-9,12-13,29H,10-11,24H2,1-4H3,(H,26,27,28). The zero-order valence-corrected chi connectivity index (χ0v) is 19.2. The number of benzene rings is 1. The van der Waals surface area contributed by atoms with Crippen LogP contribution in [0.15, 0.2) is 41.3 Å². The van der Waals surface area contributed by atoms with Crippen LogP contribution in [-0.2, 0) is 0 Å². The summed E-state index contributed by atoms with van der Waals surface area (Å²) in [7, 11) is 0. The van der Waals surface area contributed by atoms with E-state index >= 15 is 0 Å². The second-order valence-electron chi connectivity index (χ2n) is 9.13. The minimum absolute atomic E-state index is 0.0164. The summed E-state index contributed by atoms with van der Waals surface area (Å²) >= 11 is 3.56. The van der Waals surface area contributed by atoms with Gasteiger partial charge in [-0.2, -0.15) is 4.98 Å². The van der Waals surface area contributed by atoms with Crippen molar-refractivity contribution in [2.45, 2.75) is 57.7 Å². The zero-order chi connectivity index (χ0) is 21.5. The second-order valence-corrected chi connectivity index (χ2v) is 9.98. The first-order valence-electron chi connectivity index (χ1n) is 10.0. The molecule has 30 heavy (non-hydrogen) atoms. The van der Waals surface area contributed by atoms with Crippen LogP contribution in [-0.4, -0.2) is 32.1 Å². The molecule has 4 N–H and O–H groups in total. The van der Waals surface area contributed by atoms with Crippen LogP contribution in [0.5, 0.6) is 11.6 Å². The Labute approximate surface area is 185 Å². The Kier molecular flexibility index (Phi) is 5.32. The summed E-state index contributed by atoms with van der Waals surface area (Å²) in [6.07, 6.45) is 5.12. The van der Waals surface area contributed by atoms with E-state index in [1.165, 1.54) is 6.33 Å². The molecule has 0 amide bonds. The first-order chi connectivity index (χ1) is 14.1. The molecule has 3 heterocycles. The molecule has 8 heteroatoms. The van der Waals surface area contributed by atoms with Gasteiger partial charge in [0.15, 0.2) is 11.6 Å². The van der Waals surface area contributed by atoms with Gasteiger partial charge < -0.3 is 21.1 Å². The lowest BCUT2D eigenvalue weighted by Crippen LogP contribution is -2.60. The van der Waals surface area contributed by atoms with Crippen LogP contribution in [0.25, 0.3) is 10.9 Å². The fourth-order valence-corrected chi connectivity index (χ4v) is 4.94. The van der Waals surface area contributed by atoms with E-state index in [1.54, 1.807) is 6.20 Å². The van der Waals surface area contributed by atoms with Crippen molar-refractivity contribution in [1.82, 2.24) is 20.3 Å².